The smallest absolute Gasteiger partial charge is 0.379 e. The first kappa shape index (κ1) is 28.8. The molecule has 1 N–H and O–H groups in total. The van der Waals surface area contributed by atoms with E-state index in [1.807, 2.05) is 13.8 Å². The standard InChI is InChI=1S/C17H34NO2.C3H7.Cr/c1-5-7-8-9-10-11-12-13-14-20-17(6-2)15(3)18-16(4)19;1-3-2;/h15,17H,2,5-14H2,1,3-4H3,(H,18,19);1,3H2,2H3;/q2*-1;+2. The summed E-state index contributed by atoms with van der Waals surface area (Å²) in [5, 5.41) is 2.87. The Morgan fingerprint density at radius 1 is 1.00 bits per heavy atom. The zero-order valence-corrected chi connectivity index (χ0v) is 17.8. The molecule has 1 amide bonds. The van der Waals surface area contributed by atoms with Crippen LogP contribution < -0.4 is 5.32 Å². The first-order valence-corrected chi connectivity index (χ1v) is 9.50. The molecule has 0 heterocycles. The summed E-state index contributed by atoms with van der Waals surface area (Å²) in [6.45, 7) is 15.9. The van der Waals surface area contributed by atoms with Crippen LogP contribution in [0.5, 0.6) is 0 Å². The van der Waals surface area contributed by atoms with Crippen molar-refractivity contribution in [3.63, 3.8) is 0 Å². The summed E-state index contributed by atoms with van der Waals surface area (Å²) in [5.74, 6) is -0.00775. The number of amides is 1. The topological polar surface area (TPSA) is 38.3 Å². The van der Waals surface area contributed by atoms with Gasteiger partial charge in [-0.1, -0.05) is 58.8 Å². The molecule has 3 nitrogen and oxygen atoms in total. The molecule has 24 heavy (non-hydrogen) atoms. The largest absolute Gasteiger partial charge is 2.00 e. The van der Waals surface area contributed by atoms with E-state index < -0.39 is 0 Å². The van der Waals surface area contributed by atoms with Crippen LogP contribution in [-0.4, -0.2) is 24.7 Å². The fourth-order valence-electron chi connectivity index (χ4n) is 2.36. The number of carbonyl (C=O) groups excluding carboxylic acids is 1. The minimum absolute atomic E-state index is 0. The molecule has 0 radical (unpaired) electrons. The molecule has 0 aromatic rings. The van der Waals surface area contributed by atoms with E-state index in [2.05, 4.69) is 26.1 Å². The average Bonchev–Trinajstić information content (AvgIpc) is 2.49. The average molecular weight is 380 g/mol. The molecular formula is C20H41CrNO2. The van der Waals surface area contributed by atoms with Crippen LogP contribution in [0, 0.1) is 13.8 Å². The van der Waals surface area contributed by atoms with Crippen molar-refractivity contribution in [3.8, 4) is 0 Å². The summed E-state index contributed by atoms with van der Waals surface area (Å²) in [6, 6.07) is 0.0408. The molecule has 4 heteroatoms. The van der Waals surface area contributed by atoms with Crippen LogP contribution in [0.2, 0.25) is 0 Å². The van der Waals surface area contributed by atoms with Gasteiger partial charge in [0.2, 0.25) is 5.91 Å². The Hall–Kier alpha value is -0.0375. The molecule has 144 valence electrons. The molecule has 0 saturated carbocycles. The van der Waals surface area contributed by atoms with E-state index in [-0.39, 0.29) is 35.4 Å². The fraction of sp³-hybridized carbons (Fsp3) is 0.850. The second kappa shape index (κ2) is 23.0. The van der Waals surface area contributed by atoms with Crippen molar-refractivity contribution < 1.29 is 26.9 Å². The van der Waals surface area contributed by atoms with Crippen molar-refractivity contribution in [1.29, 1.82) is 0 Å². The molecule has 0 aromatic heterocycles. The third kappa shape index (κ3) is 22.0. The Morgan fingerprint density at radius 3 is 1.88 bits per heavy atom. The zero-order chi connectivity index (χ0) is 17.9. The van der Waals surface area contributed by atoms with Gasteiger partial charge in [-0.3, -0.25) is 4.79 Å². The van der Waals surface area contributed by atoms with Gasteiger partial charge in [-0.2, -0.15) is 12.8 Å². The van der Waals surface area contributed by atoms with Crippen LogP contribution in [0.4, 0.5) is 0 Å². The van der Waals surface area contributed by atoms with Crippen molar-refractivity contribution >= 4 is 5.91 Å². The van der Waals surface area contributed by atoms with E-state index in [9.17, 15) is 4.79 Å². The van der Waals surface area contributed by atoms with Crippen molar-refractivity contribution in [1.82, 2.24) is 5.32 Å². The quantitative estimate of drug-likeness (QED) is 0.339. The number of hydrogen-bond acceptors (Lipinski definition) is 2. The maximum Gasteiger partial charge on any atom is 2.00 e. The minimum atomic E-state index is -0.00775. The Kier molecular flexibility index (Phi) is 27.5. The van der Waals surface area contributed by atoms with Gasteiger partial charge < -0.3 is 23.9 Å². The van der Waals surface area contributed by atoms with Gasteiger partial charge in [0.05, 0.1) is 6.10 Å². The van der Waals surface area contributed by atoms with E-state index in [1.165, 1.54) is 51.9 Å². The molecule has 0 aromatic carbocycles. The first-order valence-electron chi connectivity index (χ1n) is 9.50. The van der Waals surface area contributed by atoms with Gasteiger partial charge in [0.25, 0.3) is 0 Å². The van der Waals surface area contributed by atoms with Gasteiger partial charge in [0.15, 0.2) is 0 Å². The number of carbonyl (C=O) groups is 1. The van der Waals surface area contributed by atoms with Crippen molar-refractivity contribution in [2.24, 2.45) is 0 Å². The molecule has 0 fully saturated rings. The fourth-order valence-corrected chi connectivity index (χ4v) is 2.36. The monoisotopic (exact) mass is 379 g/mol. The third-order valence-corrected chi connectivity index (χ3v) is 3.60. The summed E-state index contributed by atoms with van der Waals surface area (Å²) < 4.78 is 5.82. The number of hydrogen-bond donors (Lipinski definition) is 1. The van der Waals surface area contributed by atoms with Gasteiger partial charge in [-0.15, -0.1) is 0 Å². The zero-order valence-electron chi connectivity index (χ0n) is 16.6. The summed E-state index contributed by atoms with van der Waals surface area (Å²) >= 11 is 0. The van der Waals surface area contributed by atoms with E-state index in [0.717, 1.165) is 19.4 Å². The van der Waals surface area contributed by atoms with Crippen LogP contribution in [0.15, 0.2) is 0 Å². The first-order chi connectivity index (χ1) is 11.0. The predicted octanol–water partition coefficient (Wildman–Crippen LogP) is 5.49. The normalized spacial score (nSPS) is 12.4. The van der Waals surface area contributed by atoms with Crippen LogP contribution in [0.3, 0.4) is 0 Å². The Labute approximate surface area is 162 Å². The van der Waals surface area contributed by atoms with Gasteiger partial charge >= 0.3 is 17.4 Å². The second-order valence-corrected chi connectivity index (χ2v) is 6.16. The Morgan fingerprint density at radius 2 is 1.46 bits per heavy atom. The van der Waals surface area contributed by atoms with Crippen molar-refractivity contribution in [2.45, 2.75) is 104 Å². The van der Waals surface area contributed by atoms with Crippen LogP contribution in [0.25, 0.3) is 0 Å². The molecule has 0 rings (SSSR count). The van der Waals surface area contributed by atoms with E-state index in [0.29, 0.717) is 6.42 Å². The molecule has 0 saturated heterocycles. The van der Waals surface area contributed by atoms with Crippen LogP contribution in [-0.2, 0) is 26.9 Å². The predicted molar refractivity (Wildman–Crippen MR) is 101 cm³/mol. The SMILES string of the molecule is [CH2-]CC.[CH2-]CC(OCCCCCCCCCC)C(C)NC(C)=O.[Cr+2]. The summed E-state index contributed by atoms with van der Waals surface area (Å²) in [4.78, 5) is 11.0. The minimum Gasteiger partial charge on any atom is -0.379 e. The van der Waals surface area contributed by atoms with Gasteiger partial charge in [0.1, 0.15) is 0 Å². The molecule has 0 bridgehead atoms. The molecule has 2 unspecified atom stereocenters. The Balaban J connectivity index is -0.00000102. The number of rotatable bonds is 13. The molecule has 0 spiro atoms. The third-order valence-electron chi connectivity index (χ3n) is 3.60. The van der Waals surface area contributed by atoms with E-state index >= 15 is 0 Å². The van der Waals surface area contributed by atoms with Gasteiger partial charge in [-0.05, 0) is 13.3 Å². The number of ether oxygens (including phenoxy) is 1. The van der Waals surface area contributed by atoms with Gasteiger partial charge in [-0.25, -0.2) is 0 Å². The summed E-state index contributed by atoms with van der Waals surface area (Å²) in [7, 11) is 0. The number of nitrogens with one attached hydrogen (secondary N) is 1. The van der Waals surface area contributed by atoms with Crippen molar-refractivity contribution in [3.05, 3.63) is 13.8 Å². The second-order valence-electron chi connectivity index (χ2n) is 6.16. The van der Waals surface area contributed by atoms with Crippen LogP contribution in [0.1, 0.15) is 91.9 Å². The van der Waals surface area contributed by atoms with E-state index in [4.69, 9.17) is 4.74 Å². The molecule has 0 aliphatic heterocycles. The van der Waals surface area contributed by atoms with Gasteiger partial charge in [0, 0.05) is 19.6 Å². The molecule has 2 atom stereocenters. The van der Waals surface area contributed by atoms with Crippen molar-refractivity contribution in [2.75, 3.05) is 6.61 Å². The maximum absolute atomic E-state index is 11.0. The maximum atomic E-state index is 11.0. The van der Waals surface area contributed by atoms with Crippen LogP contribution >= 0.6 is 0 Å². The summed E-state index contributed by atoms with van der Waals surface area (Å²) in [5.41, 5.74) is 0. The molecule has 0 aliphatic carbocycles. The Bertz CT molecular complexity index is 250. The van der Waals surface area contributed by atoms with E-state index in [1.54, 1.807) is 0 Å². The molecule has 0 aliphatic rings. The number of unbranched alkanes of at least 4 members (excludes halogenated alkanes) is 7. The molecular weight excluding hydrogens is 338 g/mol. The summed E-state index contributed by atoms with van der Waals surface area (Å²) in [6.07, 6.45) is 12.2.